The first-order chi connectivity index (χ1) is 8.56. The van der Waals surface area contributed by atoms with Crippen LogP contribution in [0.2, 0.25) is 0 Å². The van der Waals surface area contributed by atoms with Crippen LogP contribution in [-0.2, 0) is 5.79 Å². The van der Waals surface area contributed by atoms with Gasteiger partial charge in [0.2, 0.25) is 11.7 Å². The minimum absolute atomic E-state index is 0.0947. The van der Waals surface area contributed by atoms with E-state index in [4.69, 9.17) is 0 Å². The van der Waals surface area contributed by atoms with Crippen molar-refractivity contribution in [1.29, 1.82) is 0 Å². The zero-order chi connectivity index (χ0) is 13.2. The van der Waals surface area contributed by atoms with Crippen LogP contribution in [0.4, 0.5) is 5.95 Å². The molecule has 0 bridgehead atoms. The summed E-state index contributed by atoms with van der Waals surface area (Å²) < 4.78 is 0. The van der Waals surface area contributed by atoms with Gasteiger partial charge >= 0.3 is 0 Å². The lowest BCUT2D eigenvalue weighted by atomic mass is 10.1. The predicted octanol–water partition coefficient (Wildman–Crippen LogP) is 0.399. The molecule has 0 aromatic carbocycles. The van der Waals surface area contributed by atoms with Gasteiger partial charge in [0.15, 0.2) is 5.65 Å². The molecule has 96 valence electrons. The van der Waals surface area contributed by atoms with Crippen molar-refractivity contribution in [2.45, 2.75) is 26.1 Å². The Bertz CT molecular complexity index is 558. The van der Waals surface area contributed by atoms with E-state index in [-0.39, 0.29) is 12.1 Å². The first-order valence-electron chi connectivity index (χ1n) is 5.75. The van der Waals surface area contributed by atoms with Crippen LogP contribution < -0.4 is 5.32 Å². The van der Waals surface area contributed by atoms with Gasteiger partial charge in [-0.3, -0.25) is 0 Å². The second-order valence-corrected chi connectivity index (χ2v) is 3.86. The zero-order valence-corrected chi connectivity index (χ0v) is 10.3. The summed E-state index contributed by atoms with van der Waals surface area (Å²) in [6.07, 6.45) is 2.95. The smallest absolute Gasteiger partial charge is 0.224 e. The number of nitrogens with one attached hydrogen (secondary N) is 1. The van der Waals surface area contributed by atoms with Crippen LogP contribution in [0.25, 0.3) is 11.2 Å². The van der Waals surface area contributed by atoms with E-state index in [1.54, 1.807) is 6.92 Å². The SMILES string of the molecule is CCNc1ncc2nc(C(O)(O)CC)cnc2n1. The van der Waals surface area contributed by atoms with Gasteiger partial charge in [-0.1, -0.05) is 6.92 Å². The Morgan fingerprint density at radius 2 is 1.94 bits per heavy atom. The number of rotatable bonds is 4. The van der Waals surface area contributed by atoms with Crippen LogP contribution in [0.1, 0.15) is 26.0 Å². The quantitative estimate of drug-likeness (QED) is 0.673. The standard InChI is InChI=1S/C11H15N5O2/c1-3-11(17,18)8-6-13-9-7(15-8)5-14-10(16-9)12-4-2/h5-6,17-18H,3-4H2,1-2H3,(H,12,13,14,16). The highest BCUT2D eigenvalue weighted by atomic mass is 16.5. The summed E-state index contributed by atoms with van der Waals surface area (Å²) in [6.45, 7) is 4.30. The topological polar surface area (TPSA) is 104 Å². The Labute approximate surface area is 104 Å². The molecule has 0 atom stereocenters. The summed E-state index contributed by atoms with van der Waals surface area (Å²) >= 11 is 0. The summed E-state index contributed by atoms with van der Waals surface area (Å²) in [4.78, 5) is 16.4. The van der Waals surface area contributed by atoms with Crippen molar-refractivity contribution < 1.29 is 10.2 Å². The van der Waals surface area contributed by atoms with Gasteiger partial charge in [-0.25, -0.2) is 15.0 Å². The van der Waals surface area contributed by atoms with Crippen LogP contribution in [-0.4, -0.2) is 36.7 Å². The molecule has 3 N–H and O–H groups in total. The van der Waals surface area contributed by atoms with E-state index < -0.39 is 5.79 Å². The number of aliphatic hydroxyl groups is 2. The molecule has 2 heterocycles. The summed E-state index contributed by atoms with van der Waals surface area (Å²) in [5.41, 5.74) is 0.934. The predicted molar refractivity (Wildman–Crippen MR) is 65.7 cm³/mol. The van der Waals surface area contributed by atoms with E-state index in [0.717, 1.165) is 0 Å². The number of nitrogens with zero attached hydrogens (tertiary/aromatic N) is 4. The first-order valence-corrected chi connectivity index (χ1v) is 5.75. The van der Waals surface area contributed by atoms with Crippen LogP contribution in [0.3, 0.4) is 0 Å². The maximum absolute atomic E-state index is 9.69. The molecule has 2 aromatic rings. The highest BCUT2D eigenvalue weighted by molar-refractivity contribution is 5.69. The molecule has 2 rings (SSSR count). The number of hydrogen-bond acceptors (Lipinski definition) is 7. The lowest BCUT2D eigenvalue weighted by molar-refractivity contribution is -0.174. The number of anilines is 1. The van der Waals surface area contributed by atoms with E-state index >= 15 is 0 Å². The van der Waals surface area contributed by atoms with E-state index in [9.17, 15) is 10.2 Å². The molecule has 0 saturated carbocycles. The van der Waals surface area contributed by atoms with Gasteiger partial charge < -0.3 is 15.5 Å². The van der Waals surface area contributed by atoms with Crippen molar-refractivity contribution >= 4 is 17.1 Å². The molecule has 0 unspecified atom stereocenters. The first kappa shape index (κ1) is 12.6. The van der Waals surface area contributed by atoms with Crippen molar-refractivity contribution in [1.82, 2.24) is 19.9 Å². The summed E-state index contributed by atoms with van der Waals surface area (Å²) in [5, 5.41) is 22.4. The number of fused-ring (bicyclic) bond motifs is 1. The number of hydrogen-bond donors (Lipinski definition) is 3. The Hall–Kier alpha value is -1.86. The third-order valence-electron chi connectivity index (χ3n) is 2.54. The highest BCUT2D eigenvalue weighted by Gasteiger charge is 2.25. The van der Waals surface area contributed by atoms with Crippen LogP contribution >= 0.6 is 0 Å². The maximum Gasteiger partial charge on any atom is 0.224 e. The van der Waals surface area contributed by atoms with Gasteiger partial charge in [-0.2, -0.15) is 4.98 Å². The van der Waals surface area contributed by atoms with Crippen LogP contribution in [0.5, 0.6) is 0 Å². The fourth-order valence-electron chi connectivity index (χ4n) is 1.44. The summed E-state index contributed by atoms with van der Waals surface area (Å²) in [5.74, 6) is -1.50. The molecule has 0 aliphatic carbocycles. The molecular formula is C11H15N5O2. The lowest BCUT2D eigenvalue weighted by Gasteiger charge is -2.18. The van der Waals surface area contributed by atoms with Crippen molar-refractivity contribution in [2.24, 2.45) is 0 Å². The Kier molecular flexibility index (Phi) is 3.35. The van der Waals surface area contributed by atoms with Crippen LogP contribution in [0.15, 0.2) is 12.4 Å². The second-order valence-electron chi connectivity index (χ2n) is 3.86. The van der Waals surface area contributed by atoms with Crippen molar-refractivity contribution in [3.63, 3.8) is 0 Å². The molecule has 18 heavy (non-hydrogen) atoms. The molecule has 0 amide bonds. The monoisotopic (exact) mass is 249 g/mol. The Morgan fingerprint density at radius 3 is 2.61 bits per heavy atom. The van der Waals surface area contributed by atoms with Crippen molar-refractivity contribution in [2.75, 3.05) is 11.9 Å². The molecule has 0 radical (unpaired) electrons. The normalized spacial score (nSPS) is 11.8. The molecule has 2 aromatic heterocycles. The molecule has 0 spiro atoms. The van der Waals surface area contributed by atoms with Gasteiger partial charge in [0.25, 0.3) is 0 Å². The largest absolute Gasteiger partial charge is 0.361 e. The van der Waals surface area contributed by atoms with Gasteiger partial charge in [0.1, 0.15) is 11.2 Å². The van der Waals surface area contributed by atoms with Crippen LogP contribution in [0, 0.1) is 0 Å². The zero-order valence-electron chi connectivity index (χ0n) is 10.3. The molecule has 0 saturated heterocycles. The highest BCUT2D eigenvalue weighted by Crippen LogP contribution is 2.20. The van der Waals surface area contributed by atoms with Gasteiger partial charge in [0, 0.05) is 13.0 Å². The molecular weight excluding hydrogens is 234 g/mol. The Morgan fingerprint density at radius 1 is 1.17 bits per heavy atom. The van der Waals surface area contributed by atoms with E-state index in [0.29, 0.717) is 23.7 Å². The number of aromatic nitrogens is 4. The van der Waals surface area contributed by atoms with Crippen molar-refractivity contribution in [3.05, 3.63) is 18.1 Å². The fourth-order valence-corrected chi connectivity index (χ4v) is 1.44. The van der Waals surface area contributed by atoms with Gasteiger partial charge in [0.05, 0.1) is 12.4 Å². The average Bonchev–Trinajstić information content (AvgIpc) is 2.38. The maximum atomic E-state index is 9.69. The molecule has 0 fully saturated rings. The van der Waals surface area contributed by atoms with Gasteiger partial charge in [-0.05, 0) is 6.92 Å². The van der Waals surface area contributed by atoms with E-state index in [2.05, 4.69) is 25.3 Å². The molecule has 7 heteroatoms. The molecule has 7 nitrogen and oxygen atoms in total. The lowest BCUT2D eigenvalue weighted by Crippen LogP contribution is -2.25. The van der Waals surface area contributed by atoms with E-state index in [1.807, 2.05) is 6.92 Å². The fraction of sp³-hybridized carbons (Fsp3) is 0.455. The van der Waals surface area contributed by atoms with Gasteiger partial charge in [-0.15, -0.1) is 0 Å². The minimum Gasteiger partial charge on any atom is -0.361 e. The van der Waals surface area contributed by atoms with Crippen molar-refractivity contribution in [3.8, 4) is 0 Å². The third-order valence-corrected chi connectivity index (χ3v) is 2.54. The minimum atomic E-state index is -1.97. The Balaban J connectivity index is 2.44. The van der Waals surface area contributed by atoms with E-state index in [1.165, 1.54) is 12.4 Å². The third kappa shape index (κ3) is 2.36. The second kappa shape index (κ2) is 4.79. The average molecular weight is 249 g/mol. The summed E-state index contributed by atoms with van der Waals surface area (Å²) in [7, 11) is 0. The molecule has 0 aliphatic rings. The molecule has 0 aliphatic heterocycles. The summed E-state index contributed by atoms with van der Waals surface area (Å²) in [6, 6.07) is 0.